The van der Waals surface area contributed by atoms with Crippen LogP contribution in [0.1, 0.15) is 40.0 Å². The Morgan fingerprint density at radius 1 is 1.31 bits per heavy atom. The van der Waals surface area contributed by atoms with Crippen molar-refractivity contribution in [2.24, 2.45) is 0 Å². The molecule has 0 fully saturated rings. The summed E-state index contributed by atoms with van der Waals surface area (Å²) in [7, 11) is 0. The number of hydrogen-bond donors (Lipinski definition) is 2. The topological polar surface area (TPSA) is 41.1 Å². The fourth-order valence-corrected chi connectivity index (χ4v) is 1.07. The number of carbonyl (C=O) groups excluding carboxylic acids is 1. The standard InChI is InChI=1S/C10H22N2O/c1-4-5-6-7-11-8-10(13)12-9(2)3/h9,11H,4-8H2,1-3H3,(H,12,13). The van der Waals surface area contributed by atoms with Gasteiger partial charge in [0.1, 0.15) is 0 Å². The molecule has 3 heteroatoms. The fourth-order valence-electron chi connectivity index (χ4n) is 1.07. The molecular formula is C10H22N2O. The van der Waals surface area contributed by atoms with Crippen molar-refractivity contribution in [3.05, 3.63) is 0 Å². The molecule has 0 aromatic rings. The zero-order valence-corrected chi connectivity index (χ0v) is 9.02. The molecule has 1 amide bonds. The molecule has 0 aromatic heterocycles. The summed E-state index contributed by atoms with van der Waals surface area (Å²) in [6.45, 7) is 7.50. The molecule has 0 rings (SSSR count). The monoisotopic (exact) mass is 186 g/mol. The van der Waals surface area contributed by atoms with Gasteiger partial charge in [0.2, 0.25) is 5.91 Å². The van der Waals surface area contributed by atoms with Gasteiger partial charge in [0.25, 0.3) is 0 Å². The molecule has 0 spiro atoms. The number of carbonyl (C=O) groups is 1. The summed E-state index contributed by atoms with van der Waals surface area (Å²) in [6, 6.07) is 0.241. The Hall–Kier alpha value is -0.570. The van der Waals surface area contributed by atoms with Crippen LogP contribution in [0, 0.1) is 0 Å². The van der Waals surface area contributed by atoms with Gasteiger partial charge in [-0.2, -0.15) is 0 Å². The second-order valence-electron chi connectivity index (χ2n) is 3.61. The predicted molar refractivity (Wildman–Crippen MR) is 55.7 cm³/mol. The van der Waals surface area contributed by atoms with E-state index in [4.69, 9.17) is 0 Å². The van der Waals surface area contributed by atoms with Crippen molar-refractivity contribution in [1.82, 2.24) is 10.6 Å². The Morgan fingerprint density at radius 3 is 2.54 bits per heavy atom. The van der Waals surface area contributed by atoms with Crippen LogP contribution in [0.25, 0.3) is 0 Å². The first-order valence-corrected chi connectivity index (χ1v) is 5.17. The molecule has 2 N–H and O–H groups in total. The lowest BCUT2D eigenvalue weighted by Gasteiger charge is -2.08. The molecule has 0 bridgehead atoms. The Balaban J connectivity index is 3.17. The number of amides is 1. The Bertz CT molecular complexity index is 135. The van der Waals surface area contributed by atoms with E-state index in [0.29, 0.717) is 6.54 Å². The van der Waals surface area contributed by atoms with E-state index in [1.807, 2.05) is 13.8 Å². The van der Waals surface area contributed by atoms with E-state index in [-0.39, 0.29) is 11.9 Å². The van der Waals surface area contributed by atoms with E-state index in [2.05, 4.69) is 17.6 Å². The molecule has 0 radical (unpaired) electrons. The molecule has 0 aromatic carbocycles. The van der Waals surface area contributed by atoms with Crippen LogP contribution in [0.2, 0.25) is 0 Å². The lowest BCUT2D eigenvalue weighted by molar-refractivity contribution is -0.120. The first-order chi connectivity index (χ1) is 6.16. The zero-order valence-electron chi connectivity index (χ0n) is 9.02. The maximum Gasteiger partial charge on any atom is 0.234 e. The van der Waals surface area contributed by atoms with Gasteiger partial charge in [-0.3, -0.25) is 4.79 Å². The number of rotatable bonds is 7. The third-order valence-electron chi connectivity index (χ3n) is 1.69. The highest BCUT2D eigenvalue weighted by Gasteiger charge is 2.00. The van der Waals surface area contributed by atoms with Crippen molar-refractivity contribution in [3.63, 3.8) is 0 Å². The zero-order chi connectivity index (χ0) is 10.1. The minimum Gasteiger partial charge on any atom is -0.353 e. The van der Waals surface area contributed by atoms with Crippen LogP contribution in [0.3, 0.4) is 0 Å². The van der Waals surface area contributed by atoms with Crippen LogP contribution in [-0.2, 0) is 4.79 Å². The van der Waals surface area contributed by atoms with Gasteiger partial charge in [-0.25, -0.2) is 0 Å². The average molecular weight is 186 g/mol. The predicted octanol–water partition coefficient (Wildman–Crippen LogP) is 1.29. The van der Waals surface area contributed by atoms with Gasteiger partial charge in [-0.1, -0.05) is 19.8 Å². The SMILES string of the molecule is CCCCCNCC(=O)NC(C)C. The lowest BCUT2D eigenvalue weighted by Crippen LogP contribution is -2.37. The third-order valence-corrected chi connectivity index (χ3v) is 1.69. The summed E-state index contributed by atoms with van der Waals surface area (Å²) in [4.78, 5) is 11.1. The van der Waals surface area contributed by atoms with E-state index in [9.17, 15) is 4.79 Å². The number of hydrogen-bond acceptors (Lipinski definition) is 2. The first-order valence-electron chi connectivity index (χ1n) is 5.17. The van der Waals surface area contributed by atoms with Crippen molar-refractivity contribution in [2.45, 2.75) is 46.1 Å². The van der Waals surface area contributed by atoms with Crippen molar-refractivity contribution >= 4 is 5.91 Å². The molecule has 0 aliphatic carbocycles. The summed E-state index contributed by atoms with van der Waals surface area (Å²) < 4.78 is 0. The third kappa shape index (κ3) is 9.34. The summed E-state index contributed by atoms with van der Waals surface area (Å²) >= 11 is 0. The van der Waals surface area contributed by atoms with Crippen LogP contribution in [0.15, 0.2) is 0 Å². The molecule has 0 unspecified atom stereocenters. The molecule has 3 nitrogen and oxygen atoms in total. The highest BCUT2D eigenvalue weighted by molar-refractivity contribution is 5.78. The second kappa shape index (κ2) is 8.05. The van der Waals surface area contributed by atoms with E-state index in [1.54, 1.807) is 0 Å². The summed E-state index contributed by atoms with van der Waals surface area (Å²) in [5.74, 6) is 0.0894. The molecule has 0 atom stereocenters. The molecule has 78 valence electrons. The van der Waals surface area contributed by atoms with Crippen molar-refractivity contribution < 1.29 is 4.79 Å². The van der Waals surface area contributed by atoms with Crippen LogP contribution in [0.5, 0.6) is 0 Å². The molecule has 0 heterocycles. The van der Waals surface area contributed by atoms with Crippen LogP contribution in [0.4, 0.5) is 0 Å². The second-order valence-corrected chi connectivity index (χ2v) is 3.61. The Kier molecular flexibility index (Phi) is 7.69. The molecule has 13 heavy (non-hydrogen) atoms. The number of unbranched alkanes of at least 4 members (excludes halogenated alkanes) is 2. The van der Waals surface area contributed by atoms with Gasteiger partial charge in [0.05, 0.1) is 6.54 Å². The molecule has 0 aliphatic heterocycles. The average Bonchev–Trinajstić information content (AvgIpc) is 2.02. The highest BCUT2D eigenvalue weighted by atomic mass is 16.1. The van der Waals surface area contributed by atoms with E-state index in [0.717, 1.165) is 13.0 Å². The van der Waals surface area contributed by atoms with Gasteiger partial charge in [-0.05, 0) is 26.8 Å². The summed E-state index contributed by atoms with van der Waals surface area (Å²) in [5.41, 5.74) is 0. The smallest absolute Gasteiger partial charge is 0.234 e. The number of nitrogens with one attached hydrogen (secondary N) is 2. The lowest BCUT2D eigenvalue weighted by atomic mass is 10.2. The quantitative estimate of drug-likeness (QED) is 0.588. The fraction of sp³-hybridized carbons (Fsp3) is 0.900. The minimum atomic E-state index is 0.0894. The highest BCUT2D eigenvalue weighted by Crippen LogP contribution is 1.90. The van der Waals surface area contributed by atoms with Crippen LogP contribution < -0.4 is 10.6 Å². The van der Waals surface area contributed by atoms with E-state index >= 15 is 0 Å². The van der Waals surface area contributed by atoms with Gasteiger partial charge in [0, 0.05) is 6.04 Å². The van der Waals surface area contributed by atoms with Crippen molar-refractivity contribution in [2.75, 3.05) is 13.1 Å². The van der Waals surface area contributed by atoms with Gasteiger partial charge in [-0.15, -0.1) is 0 Å². The van der Waals surface area contributed by atoms with Crippen molar-refractivity contribution in [3.8, 4) is 0 Å². The maximum atomic E-state index is 11.1. The van der Waals surface area contributed by atoms with Gasteiger partial charge in [0.15, 0.2) is 0 Å². The largest absolute Gasteiger partial charge is 0.353 e. The molecule has 0 saturated heterocycles. The first kappa shape index (κ1) is 12.4. The Morgan fingerprint density at radius 2 is 2.00 bits per heavy atom. The van der Waals surface area contributed by atoms with Crippen LogP contribution in [-0.4, -0.2) is 25.0 Å². The van der Waals surface area contributed by atoms with Crippen molar-refractivity contribution in [1.29, 1.82) is 0 Å². The van der Waals surface area contributed by atoms with E-state index < -0.39 is 0 Å². The van der Waals surface area contributed by atoms with Gasteiger partial charge >= 0.3 is 0 Å². The van der Waals surface area contributed by atoms with Crippen LogP contribution >= 0.6 is 0 Å². The van der Waals surface area contributed by atoms with Gasteiger partial charge < -0.3 is 10.6 Å². The Labute approximate surface area is 81.3 Å². The maximum absolute atomic E-state index is 11.1. The normalized spacial score (nSPS) is 10.5. The summed E-state index contributed by atoms with van der Waals surface area (Å²) in [5, 5.41) is 5.95. The molecule has 0 aliphatic rings. The van der Waals surface area contributed by atoms with E-state index in [1.165, 1.54) is 12.8 Å². The molecule has 0 saturated carbocycles. The molecular weight excluding hydrogens is 164 g/mol. The minimum absolute atomic E-state index is 0.0894. The summed E-state index contributed by atoms with van der Waals surface area (Å²) in [6.07, 6.45) is 3.62.